The lowest BCUT2D eigenvalue weighted by Crippen LogP contribution is -3.00. The van der Waals surface area contributed by atoms with Crippen LogP contribution in [0.1, 0.15) is 13.3 Å². The Bertz CT molecular complexity index is 161. The van der Waals surface area contributed by atoms with Gasteiger partial charge in [0.15, 0.2) is 0 Å². The van der Waals surface area contributed by atoms with Gasteiger partial charge in [-0.15, -0.1) is 0 Å². The van der Waals surface area contributed by atoms with Gasteiger partial charge >= 0.3 is 0 Å². The monoisotopic (exact) mass is 221 g/mol. The van der Waals surface area contributed by atoms with Crippen LogP contribution in [0.5, 0.6) is 0 Å². The van der Waals surface area contributed by atoms with Crippen LogP contribution >= 0.6 is 0 Å². The number of ether oxygens (including phenoxy) is 1. The zero-order valence-electron chi connectivity index (χ0n) is 8.59. The van der Waals surface area contributed by atoms with Crippen LogP contribution in [0.15, 0.2) is 0 Å². The molecule has 0 aromatic carbocycles. The second-order valence-electron chi connectivity index (χ2n) is 3.29. The molecule has 0 saturated carbocycles. The summed E-state index contributed by atoms with van der Waals surface area (Å²) >= 11 is 0. The molecule has 0 aliphatic carbocycles. The topological polar surface area (TPSA) is 41.6 Å². The van der Waals surface area contributed by atoms with E-state index in [9.17, 15) is 4.79 Å². The standard InChI is InChI=1S/C9H18N2O2.ClH/c1-9(12)10-3-2-4-11-5-7-13-8-6-11;/h2-8H2,1H3,(H,10,12);1H/p-1. The maximum atomic E-state index is 10.6. The molecule has 1 aliphatic rings. The normalized spacial score (nSPS) is 17.2. The summed E-state index contributed by atoms with van der Waals surface area (Å²) in [5.41, 5.74) is 0. The van der Waals surface area contributed by atoms with Crippen LogP contribution in [0.4, 0.5) is 0 Å². The smallest absolute Gasteiger partial charge is 0.216 e. The second kappa shape index (κ2) is 8.03. The zero-order valence-corrected chi connectivity index (χ0v) is 9.35. The van der Waals surface area contributed by atoms with Crippen molar-refractivity contribution in [1.82, 2.24) is 10.2 Å². The van der Waals surface area contributed by atoms with Gasteiger partial charge in [0.1, 0.15) is 0 Å². The Morgan fingerprint density at radius 3 is 2.64 bits per heavy atom. The first-order valence-electron chi connectivity index (χ1n) is 4.83. The van der Waals surface area contributed by atoms with Gasteiger partial charge in [-0.3, -0.25) is 9.69 Å². The van der Waals surface area contributed by atoms with Gasteiger partial charge in [0.05, 0.1) is 13.2 Å². The molecule has 14 heavy (non-hydrogen) atoms. The lowest BCUT2D eigenvalue weighted by molar-refractivity contribution is -0.118. The van der Waals surface area contributed by atoms with Gasteiger partial charge in [-0.05, 0) is 13.0 Å². The number of carbonyl (C=O) groups is 1. The van der Waals surface area contributed by atoms with Crippen LogP contribution in [0, 0.1) is 0 Å². The lowest BCUT2D eigenvalue weighted by Gasteiger charge is -2.26. The van der Waals surface area contributed by atoms with Crippen molar-refractivity contribution in [2.24, 2.45) is 0 Å². The highest BCUT2D eigenvalue weighted by Gasteiger charge is 2.08. The molecule has 1 N–H and O–H groups in total. The number of rotatable bonds is 4. The van der Waals surface area contributed by atoms with Crippen molar-refractivity contribution in [2.75, 3.05) is 39.4 Å². The van der Waals surface area contributed by atoms with Crippen molar-refractivity contribution in [3.05, 3.63) is 0 Å². The molecule has 0 radical (unpaired) electrons. The van der Waals surface area contributed by atoms with Crippen LogP contribution in [0.2, 0.25) is 0 Å². The van der Waals surface area contributed by atoms with Crippen molar-refractivity contribution < 1.29 is 21.9 Å². The number of halogens is 1. The largest absolute Gasteiger partial charge is 1.00 e. The van der Waals surface area contributed by atoms with Gasteiger partial charge in [0.2, 0.25) is 5.91 Å². The molecule has 0 spiro atoms. The summed E-state index contributed by atoms with van der Waals surface area (Å²) in [5.74, 6) is 0.0574. The summed E-state index contributed by atoms with van der Waals surface area (Å²) in [6, 6.07) is 0. The van der Waals surface area contributed by atoms with Crippen LogP contribution < -0.4 is 17.7 Å². The number of hydrogen-bond acceptors (Lipinski definition) is 3. The van der Waals surface area contributed by atoms with Gasteiger partial charge in [0.25, 0.3) is 0 Å². The number of hydrogen-bond donors (Lipinski definition) is 1. The maximum Gasteiger partial charge on any atom is 0.216 e. The fourth-order valence-electron chi connectivity index (χ4n) is 1.39. The summed E-state index contributed by atoms with van der Waals surface area (Å²) in [4.78, 5) is 12.9. The summed E-state index contributed by atoms with van der Waals surface area (Å²) < 4.78 is 5.23. The fourth-order valence-corrected chi connectivity index (χ4v) is 1.39. The SMILES string of the molecule is CC(=O)NCCCN1CCOCC1.[Cl-]. The number of amides is 1. The third kappa shape index (κ3) is 6.18. The molecule has 1 rings (SSSR count). The zero-order chi connectivity index (χ0) is 9.52. The highest BCUT2D eigenvalue weighted by molar-refractivity contribution is 5.72. The van der Waals surface area contributed by atoms with Gasteiger partial charge < -0.3 is 22.5 Å². The number of carbonyl (C=O) groups excluding carboxylic acids is 1. The molecule has 0 bridgehead atoms. The van der Waals surface area contributed by atoms with Crippen LogP contribution in [-0.2, 0) is 9.53 Å². The quantitative estimate of drug-likeness (QED) is 0.510. The highest BCUT2D eigenvalue weighted by atomic mass is 35.5. The first-order valence-corrected chi connectivity index (χ1v) is 4.83. The Balaban J connectivity index is 0.00000169. The van der Waals surface area contributed by atoms with E-state index < -0.39 is 0 Å². The van der Waals surface area contributed by atoms with E-state index in [0.717, 1.165) is 45.8 Å². The first-order chi connectivity index (χ1) is 6.29. The van der Waals surface area contributed by atoms with Crippen LogP contribution in [0.3, 0.4) is 0 Å². The van der Waals surface area contributed by atoms with E-state index >= 15 is 0 Å². The number of nitrogens with one attached hydrogen (secondary N) is 1. The van der Waals surface area contributed by atoms with Crippen molar-refractivity contribution in [3.63, 3.8) is 0 Å². The van der Waals surface area contributed by atoms with Gasteiger partial charge in [0, 0.05) is 26.6 Å². The van der Waals surface area contributed by atoms with E-state index in [2.05, 4.69) is 10.2 Å². The van der Waals surface area contributed by atoms with Crippen molar-refractivity contribution in [2.45, 2.75) is 13.3 Å². The number of morpholine rings is 1. The van der Waals surface area contributed by atoms with Gasteiger partial charge in [-0.2, -0.15) is 0 Å². The summed E-state index contributed by atoms with van der Waals surface area (Å²) in [7, 11) is 0. The summed E-state index contributed by atoms with van der Waals surface area (Å²) in [6.07, 6.45) is 1.03. The minimum Gasteiger partial charge on any atom is -1.00 e. The Labute approximate surface area is 91.4 Å². The molecule has 5 heteroatoms. The third-order valence-electron chi connectivity index (χ3n) is 2.13. The molecule has 4 nitrogen and oxygen atoms in total. The third-order valence-corrected chi connectivity index (χ3v) is 2.13. The first kappa shape index (κ1) is 13.7. The predicted octanol–water partition coefficient (Wildman–Crippen LogP) is -3.15. The second-order valence-corrected chi connectivity index (χ2v) is 3.29. The van der Waals surface area contributed by atoms with Crippen LogP contribution in [-0.4, -0.2) is 50.2 Å². The van der Waals surface area contributed by atoms with E-state index in [1.807, 2.05) is 0 Å². The summed E-state index contributed by atoms with van der Waals surface area (Å²) in [6.45, 7) is 7.14. The van der Waals surface area contributed by atoms with Crippen LogP contribution in [0.25, 0.3) is 0 Å². The Kier molecular flexibility index (Phi) is 7.84. The van der Waals surface area contributed by atoms with Crippen molar-refractivity contribution in [3.8, 4) is 0 Å². The molecule has 1 aliphatic heterocycles. The number of nitrogens with zero attached hydrogens (tertiary/aromatic N) is 1. The molecular weight excluding hydrogens is 204 g/mol. The molecule has 1 fully saturated rings. The van der Waals surface area contributed by atoms with E-state index in [0.29, 0.717) is 0 Å². The fraction of sp³-hybridized carbons (Fsp3) is 0.889. The van der Waals surface area contributed by atoms with Gasteiger partial charge in [-0.1, -0.05) is 0 Å². The van der Waals surface area contributed by atoms with Gasteiger partial charge in [-0.25, -0.2) is 0 Å². The maximum absolute atomic E-state index is 10.6. The highest BCUT2D eigenvalue weighted by Crippen LogP contribution is 1.96. The molecule has 0 aromatic heterocycles. The minimum absolute atomic E-state index is 0. The average Bonchev–Trinajstić information content (AvgIpc) is 2.14. The molecular formula is C9H18ClN2O2-. The minimum atomic E-state index is 0. The van der Waals surface area contributed by atoms with Crippen molar-refractivity contribution >= 4 is 5.91 Å². The molecule has 0 atom stereocenters. The predicted molar refractivity (Wildman–Crippen MR) is 50.6 cm³/mol. The average molecular weight is 222 g/mol. The molecule has 84 valence electrons. The molecule has 0 aromatic rings. The molecule has 0 unspecified atom stereocenters. The van der Waals surface area contributed by atoms with E-state index in [4.69, 9.17) is 4.74 Å². The Morgan fingerprint density at radius 2 is 2.07 bits per heavy atom. The lowest BCUT2D eigenvalue weighted by atomic mass is 10.3. The summed E-state index contributed by atoms with van der Waals surface area (Å²) in [5, 5.41) is 2.79. The Morgan fingerprint density at radius 1 is 1.43 bits per heavy atom. The van der Waals surface area contributed by atoms with E-state index in [-0.39, 0.29) is 18.3 Å². The van der Waals surface area contributed by atoms with Crippen molar-refractivity contribution in [1.29, 1.82) is 0 Å². The van der Waals surface area contributed by atoms with E-state index in [1.54, 1.807) is 6.92 Å². The molecule has 1 saturated heterocycles. The molecule has 1 amide bonds. The van der Waals surface area contributed by atoms with E-state index in [1.165, 1.54) is 0 Å². The Hall–Kier alpha value is -0.320. The molecule has 1 heterocycles.